The molecule has 2 heterocycles. The fraction of sp³-hybridized carbons (Fsp3) is 0.0769. The first-order valence-corrected chi connectivity index (χ1v) is 6.72. The Morgan fingerprint density at radius 2 is 1.89 bits per heavy atom. The van der Waals surface area contributed by atoms with Crippen molar-refractivity contribution in [1.82, 2.24) is 10.2 Å². The van der Waals surface area contributed by atoms with Gasteiger partial charge in [-0.15, -0.1) is 33.1 Å². The third-order valence-corrected chi connectivity index (χ3v) is 3.78. The Kier molecular flexibility index (Phi) is 3.13. The molecule has 3 aromatic rings. The lowest BCUT2D eigenvalue weighted by Crippen LogP contribution is -1.92. The molecule has 0 fully saturated rings. The molecule has 0 saturated carbocycles. The Balaban J connectivity index is 1.90. The van der Waals surface area contributed by atoms with Gasteiger partial charge in [0.25, 0.3) is 5.89 Å². The number of hydrogen-bond acceptors (Lipinski definition) is 4. The molecule has 0 aliphatic heterocycles. The maximum atomic E-state index is 6.31. The maximum Gasteiger partial charge on any atom is 0.257 e. The Labute approximate surface area is 113 Å². The minimum Gasteiger partial charge on any atom is -0.418 e. The van der Waals surface area contributed by atoms with Crippen molar-refractivity contribution in [2.75, 3.05) is 0 Å². The molecule has 0 radical (unpaired) electrons. The summed E-state index contributed by atoms with van der Waals surface area (Å²) in [6, 6.07) is 13.6. The van der Waals surface area contributed by atoms with Crippen LogP contribution in [0.4, 0.5) is 0 Å². The molecule has 90 valence electrons. The van der Waals surface area contributed by atoms with E-state index in [1.165, 1.54) is 0 Å². The molecule has 5 heteroatoms. The van der Waals surface area contributed by atoms with Gasteiger partial charge in [-0.3, -0.25) is 0 Å². The molecule has 2 aromatic heterocycles. The molecule has 0 N–H and O–H groups in total. The average molecular weight is 277 g/mol. The molecular weight excluding hydrogens is 268 g/mol. The van der Waals surface area contributed by atoms with Crippen molar-refractivity contribution in [2.24, 2.45) is 0 Å². The van der Waals surface area contributed by atoms with Gasteiger partial charge in [0.15, 0.2) is 0 Å². The van der Waals surface area contributed by atoms with Gasteiger partial charge in [0.2, 0.25) is 5.89 Å². The van der Waals surface area contributed by atoms with Crippen LogP contribution in [0, 0.1) is 0 Å². The molecule has 0 saturated heterocycles. The smallest absolute Gasteiger partial charge is 0.257 e. The largest absolute Gasteiger partial charge is 0.418 e. The summed E-state index contributed by atoms with van der Waals surface area (Å²) >= 11 is 7.87. The van der Waals surface area contributed by atoms with E-state index in [2.05, 4.69) is 10.2 Å². The Bertz CT molecular complexity index is 622. The molecule has 3 nitrogen and oxygen atoms in total. The molecule has 0 aliphatic carbocycles. The minimum atomic E-state index is -0.410. The van der Waals surface area contributed by atoms with Gasteiger partial charge in [0, 0.05) is 0 Å². The Morgan fingerprint density at radius 1 is 1.06 bits per heavy atom. The van der Waals surface area contributed by atoms with Crippen LogP contribution in [0.3, 0.4) is 0 Å². The first-order valence-electron chi connectivity index (χ1n) is 5.41. The van der Waals surface area contributed by atoms with Crippen molar-refractivity contribution < 1.29 is 4.42 Å². The maximum absolute atomic E-state index is 6.31. The highest BCUT2D eigenvalue weighted by Crippen LogP contribution is 2.30. The normalized spacial score (nSPS) is 12.5. The lowest BCUT2D eigenvalue weighted by atomic mass is 10.1. The van der Waals surface area contributed by atoms with Crippen molar-refractivity contribution in [3.8, 4) is 10.8 Å². The summed E-state index contributed by atoms with van der Waals surface area (Å²) in [4.78, 5) is 0.950. The molecule has 18 heavy (non-hydrogen) atoms. The van der Waals surface area contributed by atoms with Crippen LogP contribution in [0.25, 0.3) is 10.8 Å². The van der Waals surface area contributed by atoms with Crippen LogP contribution in [-0.2, 0) is 0 Å². The zero-order valence-electron chi connectivity index (χ0n) is 9.29. The fourth-order valence-corrected chi connectivity index (χ4v) is 2.48. The number of aromatic nitrogens is 2. The molecule has 1 unspecified atom stereocenters. The van der Waals surface area contributed by atoms with Crippen LogP contribution in [0.2, 0.25) is 0 Å². The molecule has 3 rings (SSSR count). The van der Waals surface area contributed by atoms with Crippen LogP contribution >= 0.6 is 22.9 Å². The van der Waals surface area contributed by atoms with Crippen molar-refractivity contribution in [3.05, 3.63) is 59.3 Å². The second-order valence-electron chi connectivity index (χ2n) is 3.70. The predicted octanol–water partition coefficient (Wildman–Crippen LogP) is 4.13. The average Bonchev–Trinajstić information content (AvgIpc) is 3.09. The molecule has 0 bridgehead atoms. The zero-order valence-corrected chi connectivity index (χ0v) is 10.9. The fourth-order valence-electron chi connectivity index (χ4n) is 1.60. The van der Waals surface area contributed by atoms with Crippen LogP contribution in [-0.4, -0.2) is 10.2 Å². The van der Waals surface area contributed by atoms with E-state index in [0.717, 1.165) is 10.4 Å². The van der Waals surface area contributed by atoms with Gasteiger partial charge >= 0.3 is 0 Å². The van der Waals surface area contributed by atoms with Gasteiger partial charge in [-0.05, 0) is 17.0 Å². The van der Waals surface area contributed by atoms with E-state index in [1.807, 2.05) is 47.8 Å². The van der Waals surface area contributed by atoms with Gasteiger partial charge in [-0.1, -0.05) is 36.4 Å². The number of rotatable bonds is 3. The number of nitrogens with zero attached hydrogens (tertiary/aromatic N) is 2. The van der Waals surface area contributed by atoms with Crippen molar-refractivity contribution in [3.63, 3.8) is 0 Å². The highest BCUT2D eigenvalue weighted by molar-refractivity contribution is 7.13. The third kappa shape index (κ3) is 2.17. The highest BCUT2D eigenvalue weighted by atomic mass is 35.5. The Hall–Kier alpha value is -1.65. The van der Waals surface area contributed by atoms with Gasteiger partial charge in [-0.2, -0.15) is 0 Å². The summed E-state index contributed by atoms with van der Waals surface area (Å²) in [7, 11) is 0. The first kappa shape index (κ1) is 11.4. The monoisotopic (exact) mass is 276 g/mol. The summed E-state index contributed by atoms with van der Waals surface area (Å²) in [6.45, 7) is 0. The van der Waals surface area contributed by atoms with Crippen molar-refractivity contribution in [2.45, 2.75) is 5.38 Å². The van der Waals surface area contributed by atoms with Gasteiger partial charge < -0.3 is 4.42 Å². The SMILES string of the molecule is ClC(c1ccccc1)c1nnc(-c2cccs2)o1. The van der Waals surface area contributed by atoms with Crippen molar-refractivity contribution in [1.29, 1.82) is 0 Å². The molecule has 0 amide bonds. The number of thiophene rings is 1. The molecule has 1 aromatic carbocycles. The number of benzene rings is 1. The summed E-state index contributed by atoms with van der Waals surface area (Å²) < 4.78 is 5.60. The van der Waals surface area contributed by atoms with Crippen LogP contribution < -0.4 is 0 Å². The first-order chi connectivity index (χ1) is 8.84. The lowest BCUT2D eigenvalue weighted by molar-refractivity contribution is 0.514. The summed E-state index contributed by atoms with van der Waals surface area (Å²) in [6.07, 6.45) is 0. The van der Waals surface area contributed by atoms with Crippen LogP contribution in [0.5, 0.6) is 0 Å². The lowest BCUT2D eigenvalue weighted by Gasteiger charge is -2.03. The number of alkyl halides is 1. The number of halogens is 1. The summed E-state index contributed by atoms with van der Waals surface area (Å²) in [5.74, 6) is 0.938. The summed E-state index contributed by atoms with van der Waals surface area (Å²) in [5, 5.41) is 9.58. The third-order valence-electron chi connectivity index (χ3n) is 2.48. The quantitative estimate of drug-likeness (QED) is 0.675. The molecular formula is C13H9ClN2OS. The van der Waals surface area contributed by atoms with E-state index >= 15 is 0 Å². The zero-order chi connectivity index (χ0) is 12.4. The molecule has 0 spiro atoms. The van der Waals surface area contributed by atoms with Crippen molar-refractivity contribution >= 4 is 22.9 Å². The predicted molar refractivity (Wildman–Crippen MR) is 71.7 cm³/mol. The van der Waals surface area contributed by atoms with E-state index in [1.54, 1.807) is 11.3 Å². The van der Waals surface area contributed by atoms with Crippen LogP contribution in [0.15, 0.2) is 52.3 Å². The molecule has 0 aliphatic rings. The second-order valence-corrected chi connectivity index (χ2v) is 5.08. The standard InChI is InChI=1S/C13H9ClN2OS/c14-11(9-5-2-1-3-6-9)13-16-15-12(17-13)10-7-4-8-18-10/h1-8,11H. The van der Waals surface area contributed by atoms with E-state index in [-0.39, 0.29) is 0 Å². The topological polar surface area (TPSA) is 38.9 Å². The van der Waals surface area contributed by atoms with E-state index in [4.69, 9.17) is 16.0 Å². The van der Waals surface area contributed by atoms with E-state index in [9.17, 15) is 0 Å². The minimum absolute atomic E-state index is 0.410. The van der Waals surface area contributed by atoms with Gasteiger partial charge in [0.1, 0.15) is 5.38 Å². The molecule has 1 atom stereocenters. The Morgan fingerprint density at radius 3 is 2.61 bits per heavy atom. The summed E-state index contributed by atoms with van der Waals surface area (Å²) in [5.41, 5.74) is 0.945. The van der Waals surface area contributed by atoms with E-state index < -0.39 is 5.38 Å². The van der Waals surface area contributed by atoms with E-state index in [0.29, 0.717) is 11.8 Å². The van der Waals surface area contributed by atoms with Crippen LogP contribution in [0.1, 0.15) is 16.8 Å². The number of hydrogen-bond donors (Lipinski definition) is 0. The van der Waals surface area contributed by atoms with Gasteiger partial charge in [0.05, 0.1) is 4.88 Å². The second kappa shape index (κ2) is 4.92. The van der Waals surface area contributed by atoms with Gasteiger partial charge in [-0.25, -0.2) is 0 Å². The highest BCUT2D eigenvalue weighted by Gasteiger charge is 2.18.